The first-order valence-electron chi connectivity index (χ1n) is 7.02. The van der Waals surface area contributed by atoms with Crippen molar-refractivity contribution >= 4 is 5.97 Å². The largest absolute Gasteiger partial charge is 0.481 e. The van der Waals surface area contributed by atoms with Crippen LogP contribution < -0.4 is 5.56 Å². The van der Waals surface area contributed by atoms with Crippen LogP contribution in [0.25, 0.3) is 5.69 Å². The lowest BCUT2D eigenvalue weighted by atomic mass is 10.0. The summed E-state index contributed by atoms with van der Waals surface area (Å²) < 4.78 is 1.49. The Morgan fingerprint density at radius 3 is 2.43 bits per heavy atom. The number of H-pyrrole nitrogens is 1. The Balaban J connectivity index is 2.48. The molecule has 1 aromatic heterocycles. The number of hydrogen-bond donors (Lipinski definition) is 2. The molecule has 0 saturated carbocycles. The molecule has 5 nitrogen and oxygen atoms in total. The summed E-state index contributed by atoms with van der Waals surface area (Å²) in [6, 6.07) is 7.62. The molecule has 0 atom stereocenters. The van der Waals surface area contributed by atoms with E-state index in [1.807, 2.05) is 45.0 Å². The van der Waals surface area contributed by atoms with Gasteiger partial charge < -0.3 is 5.11 Å². The SMILES string of the molecule is Cc1ccc(-n2[nH]c(C(C)C)c(CCC(=O)O)c2=O)cc1. The Hall–Kier alpha value is -2.30. The van der Waals surface area contributed by atoms with E-state index in [-0.39, 0.29) is 24.3 Å². The molecule has 2 rings (SSSR count). The molecule has 5 heteroatoms. The minimum atomic E-state index is -0.896. The van der Waals surface area contributed by atoms with Crippen molar-refractivity contribution < 1.29 is 9.90 Å². The lowest BCUT2D eigenvalue weighted by molar-refractivity contribution is -0.136. The monoisotopic (exact) mass is 288 g/mol. The molecule has 0 spiro atoms. The Labute approximate surface area is 123 Å². The van der Waals surface area contributed by atoms with Crippen molar-refractivity contribution in [2.75, 3.05) is 0 Å². The van der Waals surface area contributed by atoms with Gasteiger partial charge in [0.05, 0.1) is 5.69 Å². The van der Waals surface area contributed by atoms with Crippen LogP contribution in [0.15, 0.2) is 29.1 Å². The van der Waals surface area contributed by atoms with Gasteiger partial charge >= 0.3 is 5.97 Å². The van der Waals surface area contributed by atoms with Crippen molar-refractivity contribution in [3.63, 3.8) is 0 Å². The highest BCUT2D eigenvalue weighted by atomic mass is 16.4. The van der Waals surface area contributed by atoms with Crippen LogP contribution in [0.1, 0.15) is 43.0 Å². The third kappa shape index (κ3) is 3.24. The van der Waals surface area contributed by atoms with Gasteiger partial charge in [-0.2, -0.15) is 0 Å². The van der Waals surface area contributed by atoms with Crippen LogP contribution in [0.5, 0.6) is 0 Å². The van der Waals surface area contributed by atoms with E-state index < -0.39 is 5.97 Å². The molecular formula is C16H20N2O3. The van der Waals surface area contributed by atoms with Crippen LogP contribution in [-0.4, -0.2) is 20.9 Å². The number of carboxylic acid groups (broad SMARTS) is 1. The van der Waals surface area contributed by atoms with Gasteiger partial charge in [-0.1, -0.05) is 31.5 Å². The fourth-order valence-corrected chi connectivity index (χ4v) is 2.32. The molecule has 0 aliphatic heterocycles. The van der Waals surface area contributed by atoms with Crippen molar-refractivity contribution in [1.82, 2.24) is 9.78 Å². The van der Waals surface area contributed by atoms with Gasteiger partial charge in [-0.05, 0) is 31.4 Å². The number of carbonyl (C=O) groups is 1. The molecule has 112 valence electrons. The lowest BCUT2D eigenvalue weighted by Gasteiger charge is -2.05. The summed E-state index contributed by atoms with van der Waals surface area (Å²) in [6.45, 7) is 5.95. The van der Waals surface area contributed by atoms with E-state index in [0.717, 1.165) is 16.9 Å². The van der Waals surface area contributed by atoms with E-state index in [1.165, 1.54) is 4.68 Å². The highest BCUT2D eigenvalue weighted by Crippen LogP contribution is 2.18. The second-order valence-corrected chi connectivity index (χ2v) is 5.53. The number of rotatable bonds is 5. The van der Waals surface area contributed by atoms with Crippen molar-refractivity contribution in [1.29, 1.82) is 0 Å². The number of hydrogen-bond acceptors (Lipinski definition) is 2. The third-order valence-electron chi connectivity index (χ3n) is 3.48. The predicted octanol–water partition coefficient (Wildman–Crippen LogP) is 2.61. The van der Waals surface area contributed by atoms with Crippen LogP contribution in [0, 0.1) is 6.92 Å². The van der Waals surface area contributed by atoms with Gasteiger partial charge in [0.2, 0.25) is 0 Å². The maximum atomic E-state index is 12.5. The first-order chi connectivity index (χ1) is 9.90. The predicted molar refractivity (Wildman–Crippen MR) is 81.2 cm³/mol. The molecule has 2 N–H and O–H groups in total. The summed E-state index contributed by atoms with van der Waals surface area (Å²) in [4.78, 5) is 23.3. The third-order valence-corrected chi connectivity index (χ3v) is 3.48. The Morgan fingerprint density at radius 2 is 1.90 bits per heavy atom. The van der Waals surface area contributed by atoms with Crippen LogP contribution in [0.2, 0.25) is 0 Å². The Kier molecular flexibility index (Phi) is 4.31. The first kappa shape index (κ1) is 15.1. The first-order valence-corrected chi connectivity index (χ1v) is 7.02. The number of nitrogens with zero attached hydrogens (tertiary/aromatic N) is 1. The number of benzene rings is 1. The highest BCUT2D eigenvalue weighted by molar-refractivity contribution is 5.67. The Bertz CT molecular complexity index is 693. The highest BCUT2D eigenvalue weighted by Gasteiger charge is 2.18. The number of aromatic nitrogens is 2. The molecule has 0 radical (unpaired) electrons. The van der Waals surface area contributed by atoms with Gasteiger partial charge in [0.15, 0.2) is 0 Å². The summed E-state index contributed by atoms with van der Waals surface area (Å²) in [5, 5.41) is 12.0. The summed E-state index contributed by atoms with van der Waals surface area (Å²) in [6.07, 6.45) is 0.206. The number of aryl methyl sites for hydroxylation is 1. The van der Waals surface area contributed by atoms with Crippen molar-refractivity contribution in [3.8, 4) is 5.69 Å². The number of aromatic amines is 1. The molecule has 1 heterocycles. The summed E-state index contributed by atoms with van der Waals surface area (Å²) in [7, 11) is 0. The van der Waals surface area contributed by atoms with Crippen LogP contribution in [-0.2, 0) is 11.2 Å². The van der Waals surface area contributed by atoms with E-state index in [4.69, 9.17) is 5.11 Å². The second kappa shape index (κ2) is 5.99. The molecule has 0 bridgehead atoms. The zero-order valence-electron chi connectivity index (χ0n) is 12.5. The molecule has 1 aromatic carbocycles. The van der Waals surface area contributed by atoms with Gasteiger partial charge in [-0.3, -0.25) is 14.7 Å². The van der Waals surface area contributed by atoms with E-state index in [9.17, 15) is 9.59 Å². The average molecular weight is 288 g/mol. The molecule has 0 amide bonds. The smallest absolute Gasteiger partial charge is 0.303 e. The fraction of sp³-hybridized carbons (Fsp3) is 0.375. The zero-order chi connectivity index (χ0) is 15.6. The minimum absolute atomic E-state index is 0.0410. The van der Waals surface area contributed by atoms with Crippen LogP contribution in [0.3, 0.4) is 0 Å². The molecule has 0 saturated heterocycles. The van der Waals surface area contributed by atoms with Gasteiger partial charge in [-0.25, -0.2) is 4.68 Å². The van der Waals surface area contributed by atoms with Crippen LogP contribution in [0.4, 0.5) is 0 Å². The quantitative estimate of drug-likeness (QED) is 0.888. The zero-order valence-corrected chi connectivity index (χ0v) is 12.5. The normalized spacial score (nSPS) is 11.0. The van der Waals surface area contributed by atoms with Crippen molar-refractivity contribution in [2.24, 2.45) is 0 Å². The summed E-state index contributed by atoms with van der Waals surface area (Å²) in [5.41, 5.74) is 3.08. The maximum Gasteiger partial charge on any atom is 0.303 e. The van der Waals surface area contributed by atoms with E-state index >= 15 is 0 Å². The van der Waals surface area contributed by atoms with Crippen molar-refractivity contribution in [3.05, 3.63) is 51.4 Å². The number of aliphatic carboxylic acids is 1. The topological polar surface area (TPSA) is 75.1 Å². The molecular weight excluding hydrogens is 268 g/mol. The van der Waals surface area contributed by atoms with Gasteiger partial charge in [-0.15, -0.1) is 0 Å². The average Bonchev–Trinajstić information content (AvgIpc) is 2.75. The van der Waals surface area contributed by atoms with Crippen LogP contribution >= 0.6 is 0 Å². The molecule has 0 fully saturated rings. The van der Waals surface area contributed by atoms with Gasteiger partial charge in [0.25, 0.3) is 5.56 Å². The molecule has 0 aliphatic rings. The maximum absolute atomic E-state index is 12.5. The van der Waals surface area contributed by atoms with Crippen molar-refractivity contribution in [2.45, 2.75) is 39.5 Å². The number of carboxylic acids is 1. The number of nitrogens with one attached hydrogen (secondary N) is 1. The lowest BCUT2D eigenvalue weighted by Crippen LogP contribution is -2.18. The molecule has 0 unspecified atom stereocenters. The molecule has 0 aliphatic carbocycles. The molecule has 2 aromatic rings. The summed E-state index contributed by atoms with van der Waals surface area (Å²) >= 11 is 0. The second-order valence-electron chi connectivity index (χ2n) is 5.53. The van der Waals surface area contributed by atoms with Gasteiger partial charge in [0.1, 0.15) is 0 Å². The Morgan fingerprint density at radius 1 is 1.29 bits per heavy atom. The minimum Gasteiger partial charge on any atom is -0.481 e. The van der Waals surface area contributed by atoms with E-state index in [1.54, 1.807) is 0 Å². The molecule has 21 heavy (non-hydrogen) atoms. The van der Waals surface area contributed by atoms with Gasteiger partial charge in [0, 0.05) is 17.7 Å². The summed E-state index contributed by atoms with van der Waals surface area (Å²) in [5.74, 6) is -0.764. The van der Waals surface area contributed by atoms with E-state index in [0.29, 0.717) is 5.56 Å². The standard InChI is InChI=1S/C16H20N2O3/c1-10(2)15-13(8-9-14(19)20)16(21)18(17-15)12-6-4-11(3)5-7-12/h4-7,10,17H,8-9H2,1-3H3,(H,19,20). The van der Waals surface area contributed by atoms with E-state index in [2.05, 4.69) is 5.10 Å². The fourth-order valence-electron chi connectivity index (χ4n) is 2.32.